The Bertz CT molecular complexity index is 1010. The molecule has 1 N–H and O–H groups in total. The van der Waals surface area contributed by atoms with Gasteiger partial charge in [0.2, 0.25) is 0 Å². The van der Waals surface area contributed by atoms with E-state index in [0.717, 1.165) is 69.8 Å². The van der Waals surface area contributed by atoms with E-state index in [1.807, 2.05) is 18.2 Å². The summed E-state index contributed by atoms with van der Waals surface area (Å²) in [6.07, 6.45) is 8.80. The number of guanidine groups is 1. The minimum absolute atomic E-state index is 0. The predicted octanol–water partition coefficient (Wildman–Crippen LogP) is 3.53. The van der Waals surface area contributed by atoms with Crippen molar-refractivity contribution in [3.05, 3.63) is 78.3 Å². The number of aryl methyl sites for hydroxylation is 1. The number of furan rings is 1. The van der Waals surface area contributed by atoms with Gasteiger partial charge in [0.15, 0.2) is 5.96 Å². The van der Waals surface area contributed by atoms with Gasteiger partial charge in [-0.3, -0.25) is 4.90 Å². The van der Waals surface area contributed by atoms with Crippen molar-refractivity contribution in [2.24, 2.45) is 4.99 Å². The number of rotatable bonds is 9. The molecule has 1 aliphatic rings. The Morgan fingerprint density at radius 3 is 2.68 bits per heavy atom. The average Bonchev–Trinajstić information content (AvgIpc) is 3.54. The lowest BCUT2D eigenvalue weighted by Gasteiger charge is -2.36. The van der Waals surface area contributed by atoms with E-state index in [9.17, 15) is 0 Å². The second kappa shape index (κ2) is 13.9. The number of hydrogen-bond donors (Lipinski definition) is 1. The topological polar surface area (TPSA) is 74.7 Å². The molecule has 3 heterocycles. The highest BCUT2D eigenvalue weighted by atomic mass is 127. The molecule has 3 aromatic rings. The normalized spacial score (nSPS) is 15.0. The number of piperazine rings is 1. The molecule has 4 rings (SSSR count). The molecular formula is C25H34IN7O. The van der Waals surface area contributed by atoms with E-state index in [1.54, 1.807) is 12.6 Å². The van der Waals surface area contributed by atoms with Crippen LogP contribution in [-0.2, 0) is 19.5 Å². The molecule has 0 unspecified atom stereocenters. The van der Waals surface area contributed by atoms with Gasteiger partial charge in [-0.15, -0.1) is 34.2 Å². The van der Waals surface area contributed by atoms with E-state index in [0.29, 0.717) is 6.54 Å². The van der Waals surface area contributed by atoms with E-state index >= 15 is 0 Å². The summed E-state index contributed by atoms with van der Waals surface area (Å²) in [7, 11) is 0. The lowest BCUT2D eigenvalue weighted by Crippen LogP contribution is -2.52. The maximum atomic E-state index is 5.47. The van der Waals surface area contributed by atoms with Gasteiger partial charge in [-0.05, 0) is 17.7 Å². The van der Waals surface area contributed by atoms with Crippen LogP contribution in [0.15, 0.2) is 70.5 Å². The fourth-order valence-corrected chi connectivity index (χ4v) is 3.89. The van der Waals surface area contributed by atoms with Gasteiger partial charge in [0.25, 0.3) is 0 Å². The second-order valence-electron chi connectivity index (χ2n) is 8.04. The molecule has 182 valence electrons. The Hall–Kier alpha value is -2.66. The molecule has 0 saturated carbocycles. The van der Waals surface area contributed by atoms with E-state index < -0.39 is 0 Å². The maximum absolute atomic E-state index is 5.47. The zero-order valence-corrected chi connectivity index (χ0v) is 22.0. The van der Waals surface area contributed by atoms with Crippen LogP contribution in [0.2, 0.25) is 0 Å². The van der Waals surface area contributed by atoms with Crippen molar-refractivity contribution in [3.63, 3.8) is 0 Å². The Labute approximate surface area is 218 Å². The number of hydrogen-bond acceptors (Lipinski definition) is 5. The number of nitrogens with zero attached hydrogens (tertiary/aromatic N) is 6. The van der Waals surface area contributed by atoms with Gasteiger partial charge in [0, 0.05) is 52.2 Å². The number of halogens is 1. The number of aromatic nitrogens is 3. The highest BCUT2D eigenvalue weighted by Gasteiger charge is 2.19. The summed E-state index contributed by atoms with van der Waals surface area (Å²) in [6.45, 7) is 9.05. The van der Waals surface area contributed by atoms with Crippen LogP contribution >= 0.6 is 24.0 Å². The molecule has 8 nitrogen and oxygen atoms in total. The van der Waals surface area contributed by atoms with Crippen molar-refractivity contribution >= 4 is 36.0 Å². The molecule has 9 heteroatoms. The SMILES string of the molecule is CCc1nncn1CCNC(=NCc1ccco1)N1CCN(C/C=C/c2ccccc2)CC1.I. The summed E-state index contributed by atoms with van der Waals surface area (Å²) in [4.78, 5) is 9.66. The van der Waals surface area contributed by atoms with E-state index in [-0.39, 0.29) is 24.0 Å². The first-order valence-electron chi connectivity index (χ1n) is 11.7. The number of aliphatic imine (C=N–C) groups is 1. The molecule has 0 bridgehead atoms. The minimum Gasteiger partial charge on any atom is -0.467 e. The standard InChI is InChI=1S/C25H33N7O.HI/c1-2-24-29-28-21-32(24)14-12-26-25(27-20-23-11-7-19-33-23)31-17-15-30(16-18-31)13-6-10-22-8-4-3-5-9-22;/h3-11,19,21H,2,12-18,20H2,1H3,(H,26,27);1H/b10-6+;. The molecule has 1 aliphatic heterocycles. The van der Waals surface area contributed by atoms with Crippen LogP contribution in [0.5, 0.6) is 0 Å². The fourth-order valence-electron chi connectivity index (χ4n) is 3.89. The van der Waals surface area contributed by atoms with Crippen molar-refractivity contribution in [2.45, 2.75) is 26.4 Å². The Balaban J connectivity index is 0.00000324. The van der Waals surface area contributed by atoms with Crippen molar-refractivity contribution in [1.82, 2.24) is 29.9 Å². The zero-order valence-electron chi connectivity index (χ0n) is 19.7. The van der Waals surface area contributed by atoms with Crippen LogP contribution in [0.25, 0.3) is 6.08 Å². The molecular weight excluding hydrogens is 541 g/mol. The largest absolute Gasteiger partial charge is 0.467 e. The van der Waals surface area contributed by atoms with Crippen LogP contribution in [0.4, 0.5) is 0 Å². The molecule has 34 heavy (non-hydrogen) atoms. The molecule has 1 fully saturated rings. The van der Waals surface area contributed by atoms with Gasteiger partial charge < -0.3 is 19.2 Å². The van der Waals surface area contributed by atoms with Gasteiger partial charge in [-0.25, -0.2) is 4.99 Å². The molecule has 0 atom stereocenters. The van der Waals surface area contributed by atoms with Crippen LogP contribution in [0.1, 0.15) is 24.1 Å². The van der Waals surface area contributed by atoms with Crippen molar-refractivity contribution in [1.29, 1.82) is 0 Å². The molecule has 1 aromatic carbocycles. The van der Waals surface area contributed by atoms with Crippen LogP contribution in [-0.4, -0.2) is 69.8 Å². The lowest BCUT2D eigenvalue weighted by molar-refractivity contribution is 0.194. The van der Waals surface area contributed by atoms with Crippen molar-refractivity contribution in [2.75, 3.05) is 39.3 Å². The summed E-state index contributed by atoms with van der Waals surface area (Å²) in [5.41, 5.74) is 1.24. The zero-order chi connectivity index (χ0) is 22.7. The first-order chi connectivity index (χ1) is 16.3. The first kappa shape index (κ1) is 26.0. The molecule has 0 aliphatic carbocycles. The molecule has 0 spiro atoms. The quantitative estimate of drug-likeness (QED) is 0.239. The highest BCUT2D eigenvalue weighted by molar-refractivity contribution is 14.0. The van der Waals surface area contributed by atoms with Crippen LogP contribution in [0.3, 0.4) is 0 Å². The summed E-state index contributed by atoms with van der Waals surface area (Å²) in [6, 6.07) is 14.3. The minimum atomic E-state index is 0. The number of benzene rings is 1. The summed E-state index contributed by atoms with van der Waals surface area (Å²) < 4.78 is 7.56. The smallest absolute Gasteiger partial charge is 0.194 e. The van der Waals surface area contributed by atoms with Gasteiger partial charge in [0.05, 0.1) is 6.26 Å². The maximum Gasteiger partial charge on any atom is 0.194 e. The lowest BCUT2D eigenvalue weighted by atomic mass is 10.2. The van der Waals surface area contributed by atoms with Crippen molar-refractivity contribution < 1.29 is 4.42 Å². The Morgan fingerprint density at radius 1 is 1.12 bits per heavy atom. The monoisotopic (exact) mass is 575 g/mol. The van der Waals surface area contributed by atoms with Gasteiger partial charge in [0.1, 0.15) is 24.5 Å². The van der Waals surface area contributed by atoms with Crippen LogP contribution < -0.4 is 5.32 Å². The average molecular weight is 575 g/mol. The molecule has 0 amide bonds. The third-order valence-electron chi connectivity index (χ3n) is 5.76. The Morgan fingerprint density at radius 2 is 1.94 bits per heavy atom. The number of nitrogens with one attached hydrogen (secondary N) is 1. The van der Waals surface area contributed by atoms with Gasteiger partial charge in [-0.1, -0.05) is 49.4 Å². The van der Waals surface area contributed by atoms with Crippen LogP contribution in [0, 0.1) is 0 Å². The third kappa shape index (κ3) is 7.69. The van der Waals surface area contributed by atoms with Crippen molar-refractivity contribution in [3.8, 4) is 0 Å². The highest BCUT2D eigenvalue weighted by Crippen LogP contribution is 2.07. The molecule has 0 radical (unpaired) electrons. The molecule has 2 aromatic heterocycles. The second-order valence-corrected chi connectivity index (χ2v) is 8.04. The fraction of sp³-hybridized carbons (Fsp3) is 0.400. The summed E-state index contributed by atoms with van der Waals surface area (Å²) in [5.74, 6) is 2.80. The third-order valence-corrected chi connectivity index (χ3v) is 5.76. The first-order valence-corrected chi connectivity index (χ1v) is 11.7. The van der Waals surface area contributed by atoms with E-state index in [2.05, 4.69) is 73.2 Å². The molecule has 1 saturated heterocycles. The summed E-state index contributed by atoms with van der Waals surface area (Å²) in [5, 5.41) is 11.7. The predicted molar refractivity (Wildman–Crippen MR) is 146 cm³/mol. The summed E-state index contributed by atoms with van der Waals surface area (Å²) >= 11 is 0. The van der Waals surface area contributed by atoms with Gasteiger partial charge >= 0.3 is 0 Å². The van der Waals surface area contributed by atoms with Gasteiger partial charge in [-0.2, -0.15) is 0 Å². The van der Waals surface area contributed by atoms with E-state index in [4.69, 9.17) is 9.41 Å². The van der Waals surface area contributed by atoms with E-state index in [1.165, 1.54) is 5.56 Å². The Kier molecular flexibility index (Phi) is 10.6.